The van der Waals surface area contributed by atoms with Gasteiger partial charge in [0, 0.05) is 13.1 Å². The van der Waals surface area contributed by atoms with Gasteiger partial charge in [-0.25, -0.2) is 4.79 Å². The Bertz CT molecular complexity index is 382. The van der Waals surface area contributed by atoms with E-state index in [0.29, 0.717) is 0 Å². The minimum absolute atomic E-state index is 0.127. The highest BCUT2D eigenvalue weighted by Crippen LogP contribution is 2.12. The van der Waals surface area contributed by atoms with Crippen LogP contribution in [0.4, 0.5) is 0 Å². The molecule has 0 unspecified atom stereocenters. The quantitative estimate of drug-likeness (QED) is 0.249. The molecule has 0 aliphatic rings. The molecule has 102 valence electrons. The second kappa shape index (κ2) is 6.49. The second-order valence-electron chi connectivity index (χ2n) is 4.90. The topological polar surface area (TPSA) is 63.7 Å². The lowest BCUT2D eigenvalue weighted by atomic mass is 10.1. The summed E-state index contributed by atoms with van der Waals surface area (Å²) in [6.07, 6.45) is 0.977. The number of hydrogen-bond acceptors (Lipinski definition) is 4. The molecular formula is C12H21NO4Si. The van der Waals surface area contributed by atoms with Crippen LogP contribution in [0.1, 0.15) is 13.8 Å². The average molecular weight is 271 g/mol. The summed E-state index contributed by atoms with van der Waals surface area (Å²) in [5.74, 6) is -1.52. The third kappa shape index (κ3) is 4.83. The molecule has 0 rings (SSSR count). The lowest BCUT2D eigenvalue weighted by Gasteiger charge is -2.30. The van der Waals surface area contributed by atoms with Gasteiger partial charge in [0.2, 0.25) is 5.91 Å². The van der Waals surface area contributed by atoms with Gasteiger partial charge in [0.05, 0.1) is 12.2 Å². The van der Waals surface area contributed by atoms with E-state index in [2.05, 4.69) is 0 Å². The number of likely N-dealkylation sites (N-methyl/N-ethyl adjacent to an activating group) is 1. The molecule has 0 aliphatic heterocycles. The van der Waals surface area contributed by atoms with E-state index in [1.807, 2.05) is 19.6 Å². The van der Waals surface area contributed by atoms with Crippen molar-refractivity contribution in [3.63, 3.8) is 0 Å². The molecule has 6 heteroatoms. The van der Waals surface area contributed by atoms with Gasteiger partial charge in [0.25, 0.3) is 0 Å². The maximum Gasteiger partial charge on any atom is 0.331 e. The zero-order valence-electron chi connectivity index (χ0n) is 11.9. The summed E-state index contributed by atoms with van der Waals surface area (Å²) in [4.78, 5) is 34.9. The molecule has 0 aromatic rings. The molecule has 0 aromatic carbocycles. The van der Waals surface area contributed by atoms with Crippen LogP contribution < -0.4 is 0 Å². The van der Waals surface area contributed by atoms with Gasteiger partial charge in [-0.1, -0.05) is 19.6 Å². The Kier molecular flexibility index (Phi) is 5.97. The van der Waals surface area contributed by atoms with Crippen molar-refractivity contribution in [2.75, 3.05) is 13.7 Å². The van der Waals surface area contributed by atoms with E-state index in [0.717, 1.165) is 6.08 Å². The maximum atomic E-state index is 12.1. The van der Waals surface area contributed by atoms with E-state index in [4.69, 9.17) is 4.74 Å². The first-order valence-corrected chi connectivity index (χ1v) is 9.23. The van der Waals surface area contributed by atoms with Crippen LogP contribution >= 0.6 is 0 Å². The van der Waals surface area contributed by atoms with Crippen molar-refractivity contribution >= 4 is 25.9 Å². The third-order valence-corrected chi connectivity index (χ3v) is 4.68. The lowest BCUT2D eigenvalue weighted by Crippen LogP contribution is -2.48. The van der Waals surface area contributed by atoms with Crippen LogP contribution in [0.2, 0.25) is 19.6 Å². The maximum absolute atomic E-state index is 12.1. The minimum Gasteiger partial charge on any atom is -0.463 e. The molecule has 0 aromatic heterocycles. The fourth-order valence-corrected chi connectivity index (χ4v) is 1.83. The highest BCUT2D eigenvalue weighted by Gasteiger charge is 2.29. The summed E-state index contributed by atoms with van der Waals surface area (Å²) in [5, 5.41) is 0. The Labute approximate surface area is 109 Å². The van der Waals surface area contributed by atoms with Gasteiger partial charge in [0.15, 0.2) is 14.0 Å². The summed E-state index contributed by atoms with van der Waals surface area (Å²) in [6.45, 7) is 9.07. The molecular weight excluding hydrogens is 250 g/mol. The summed E-state index contributed by atoms with van der Waals surface area (Å²) in [6, 6.07) is 0. The van der Waals surface area contributed by atoms with Crippen molar-refractivity contribution in [1.29, 1.82) is 0 Å². The Morgan fingerprint density at radius 1 is 1.22 bits per heavy atom. The van der Waals surface area contributed by atoms with Gasteiger partial charge in [-0.3, -0.25) is 9.59 Å². The molecule has 1 amide bonds. The summed E-state index contributed by atoms with van der Waals surface area (Å²) < 4.78 is 6.27. The van der Waals surface area contributed by atoms with Crippen molar-refractivity contribution < 1.29 is 19.1 Å². The number of ether oxygens (including phenoxy) is 1. The highest BCUT2D eigenvalue weighted by molar-refractivity contribution is 6.75. The Morgan fingerprint density at radius 3 is 2.06 bits per heavy atom. The molecule has 5 nitrogen and oxygen atoms in total. The van der Waals surface area contributed by atoms with Gasteiger partial charge in [0.1, 0.15) is 0 Å². The molecule has 0 atom stereocenters. The number of carbonyl (C=O) groups is 3. The smallest absolute Gasteiger partial charge is 0.331 e. The van der Waals surface area contributed by atoms with Gasteiger partial charge >= 0.3 is 5.97 Å². The highest BCUT2D eigenvalue weighted by atomic mass is 28.3. The van der Waals surface area contributed by atoms with Crippen LogP contribution in [0.15, 0.2) is 11.6 Å². The Hall–Kier alpha value is -1.43. The molecule has 0 saturated heterocycles. The summed E-state index contributed by atoms with van der Waals surface area (Å²) in [5.41, 5.74) is -0.127. The number of nitrogens with zero attached hydrogens (tertiary/aromatic N) is 1. The van der Waals surface area contributed by atoms with Gasteiger partial charge < -0.3 is 9.30 Å². The number of esters is 1. The lowest BCUT2D eigenvalue weighted by molar-refractivity contribution is -0.138. The monoisotopic (exact) mass is 271 g/mol. The third-order valence-electron chi connectivity index (χ3n) is 2.47. The zero-order chi connectivity index (χ0) is 14.5. The summed E-state index contributed by atoms with van der Waals surface area (Å²) in [7, 11) is -0.214. The van der Waals surface area contributed by atoms with Crippen molar-refractivity contribution in [2.45, 2.75) is 33.5 Å². The molecule has 0 fully saturated rings. The standard InChI is InChI=1S/C12H21NO4Si/c1-7-17-11(15)8-10(9(2)14)12(16)13(3)18(4,5)6/h8H,7H2,1-6H3/b10-8-. The minimum atomic E-state index is -1.86. The predicted molar refractivity (Wildman–Crippen MR) is 71.5 cm³/mol. The molecule has 0 bridgehead atoms. The van der Waals surface area contributed by atoms with Crippen LogP contribution in [0.3, 0.4) is 0 Å². The average Bonchev–Trinajstić information content (AvgIpc) is 2.22. The van der Waals surface area contributed by atoms with Crippen LogP contribution in [0, 0.1) is 0 Å². The second-order valence-corrected chi connectivity index (χ2v) is 9.91. The number of Topliss-reactive ketones (excluding diaryl/α,β-unsaturated/α-hetero) is 1. The fraction of sp³-hybridized carbons (Fsp3) is 0.583. The molecule has 0 heterocycles. The number of rotatable bonds is 5. The van der Waals surface area contributed by atoms with E-state index in [-0.39, 0.29) is 12.2 Å². The van der Waals surface area contributed by atoms with Crippen molar-refractivity contribution in [3.8, 4) is 0 Å². The number of carbonyl (C=O) groups excluding carboxylic acids is 3. The first-order chi connectivity index (χ1) is 8.11. The van der Waals surface area contributed by atoms with E-state index < -0.39 is 25.9 Å². The normalized spacial score (nSPS) is 12.0. The number of hydrogen-bond donors (Lipinski definition) is 0. The van der Waals surface area contributed by atoms with Crippen LogP contribution in [0.25, 0.3) is 0 Å². The molecule has 0 saturated carbocycles. The van der Waals surface area contributed by atoms with Crippen molar-refractivity contribution in [2.24, 2.45) is 0 Å². The first-order valence-electron chi connectivity index (χ1n) is 5.78. The SMILES string of the molecule is CCOC(=O)/C=C(/C(C)=O)C(=O)N(C)[Si](C)(C)C. The van der Waals surface area contributed by atoms with E-state index in [1.54, 1.807) is 18.5 Å². The van der Waals surface area contributed by atoms with Crippen molar-refractivity contribution in [1.82, 2.24) is 4.57 Å². The molecule has 0 aliphatic carbocycles. The summed E-state index contributed by atoms with van der Waals surface area (Å²) >= 11 is 0. The van der Waals surface area contributed by atoms with E-state index in [9.17, 15) is 14.4 Å². The molecule has 0 radical (unpaired) electrons. The van der Waals surface area contributed by atoms with Gasteiger partial charge in [-0.05, 0) is 13.8 Å². The van der Waals surface area contributed by atoms with Crippen LogP contribution in [-0.2, 0) is 19.1 Å². The molecule has 18 heavy (non-hydrogen) atoms. The Balaban J connectivity index is 5.21. The van der Waals surface area contributed by atoms with Gasteiger partial charge in [-0.15, -0.1) is 0 Å². The first kappa shape index (κ1) is 16.6. The van der Waals surface area contributed by atoms with Crippen LogP contribution in [-0.4, -0.2) is 44.1 Å². The predicted octanol–water partition coefficient (Wildman–Crippen LogP) is 1.36. The Morgan fingerprint density at radius 2 is 1.72 bits per heavy atom. The molecule has 0 N–H and O–H groups in total. The number of ketones is 1. The van der Waals surface area contributed by atoms with Gasteiger partial charge in [-0.2, -0.15) is 0 Å². The van der Waals surface area contributed by atoms with E-state index in [1.165, 1.54) is 6.92 Å². The number of amides is 1. The largest absolute Gasteiger partial charge is 0.463 e. The van der Waals surface area contributed by atoms with Crippen LogP contribution in [0.5, 0.6) is 0 Å². The zero-order valence-corrected chi connectivity index (χ0v) is 12.9. The molecule has 0 spiro atoms. The fourth-order valence-electron chi connectivity index (χ4n) is 1.10. The van der Waals surface area contributed by atoms with Crippen molar-refractivity contribution in [3.05, 3.63) is 11.6 Å². The van der Waals surface area contributed by atoms with E-state index >= 15 is 0 Å².